The third-order valence-corrected chi connectivity index (χ3v) is 7.80. The van der Waals surface area contributed by atoms with Crippen LogP contribution in [0.5, 0.6) is 0 Å². The number of hydrogen-bond donors (Lipinski definition) is 0. The van der Waals surface area contributed by atoms with Gasteiger partial charge in [0.2, 0.25) is 5.91 Å². The van der Waals surface area contributed by atoms with Gasteiger partial charge in [0.25, 0.3) is 11.8 Å². The summed E-state index contributed by atoms with van der Waals surface area (Å²) in [7, 11) is 3.63. The number of likely N-dealkylation sites (N-methyl/N-ethyl adjacent to an activating group) is 1. The molecule has 30 heavy (non-hydrogen) atoms. The maximum Gasteiger partial charge on any atom is 0.257 e. The summed E-state index contributed by atoms with van der Waals surface area (Å²) in [4.78, 5) is 45.4. The van der Waals surface area contributed by atoms with E-state index in [1.807, 2.05) is 40.6 Å². The van der Waals surface area contributed by atoms with Crippen molar-refractivity contribution in [1.29, 1.82) is 0 Å². The largest absolute Gasteiger partial charge is 0.354 e. The third kappa shape index (κ3) is 3.05. The SMILES string of the molecule is Cc1c(C(=O)N2CCc3c(sc4c3C(=O)N(C)CC(=O)N4CC3CC3)C2)ccn1C. The smallest absolute Gasteiger partial charge is 0.257 e. The lowest BCUT2D eigenvalue weighted by molar-refractivity contribution is -0.119. The third-order valence-electron chi connectivity index (χ3n) is 6.56. The van der Waals surface area contributed by atoms with Crippen molar-refractivity contribution in [3.8, 4) is 0 Å². The van der Waals surface area contributed by atoms with E-state index in [9.17, 15) is 14.4 Å². The number of thiophene rings is 1. The van der Waals surface area contributed by atoms with Crippen molar-refractivity contribution >= 4 is 34.1 Å². The van der Waals surface area contributed by atoms with Crippen LogP contribution in [0.3, 0.4) is 0 Å². The van der Waals surface area contributed by atoms with Gasteiger partial charge in [-0.25, -0.2) is 0 Å². The summed E-state index contributed by atoms with van der Waals surface area (Å²) in [5, 5.41) is 0.788. The first-order valence-corrected chi connectivity index (χ1v) is 11.3. The first-order valence-electron chi connectivity index (χ1n) is 10.5. The fourth-order valence-corrected chi connectivity index (χ4v) is 5.77. The van der Waals surface area contributed by atoms with Gasteiger partial charge in [-0.05, 0) is 43.7 Å². The molecular weight excluding hydrogens is 400 g/mol. The molecule has 1 saturated carbocycles. The number of fused-ring (bicyclic) bond motifs is 3. The second-order valence-corrected chi connectivity index (χ2v) is 9.78. The second kappa shape index (κ2) is 6.97. The van der Waals surface area contributed by atoms with E-state index in [0.717, 1.165) is 39.5 Å². The Morgan fingerprint density at radius 2 is 1.97 bits per heavy atom. The summed E-state index contributed by atoms with van der Waals surface area (Å²) in [5.74, 6) is 0.478. The van der Waals surface area contributed by atoms with Gasteiger partial charge in [0.15, 0.2) is 0 Å². The van der Waals surface area contributed by atoms with E-state index in [0.29, 0.717) is 37.5 Å². The van der Waals surface area contributed by atoms with Gasteiger partial charge in [-0.3, -0.25) is 14.4 Å². The summed E-state index contributed by atoms with van der Waals surface area (Å²) in [6.07, 6.45) is 4.84. The number of nitrogens with zero attached hydrogens (tertiary/aromatic N) is 4. The fraction of sp³-hybridized carbons (Fsp3) is 0.500. The molecule has 5 rings (SSSR count). The molecule has 4 heterocycles. The summed E-state index contributed by atoms with van der Waals surface area (Å²) in [6, 6.07) is 1.87. The van der Waals surface area contributed by atoms with Gasteiger partial charge >= 0.3 is 0 Å². The van der Waals surface area contributed by atoms with Gasteiger partial charge in [-0.15, -0.1) is 11.3 Å². The molecule has 2 aromatic rings. The first kappa shape index (κ1) is 19.4. The number of hydrogen-bond acceptors (Lipinski definition) is 4. The molecule has 7 nitrogen and oxygen atoms in total. The quantitative estimate of drug-likeness (QED) is 0.757. The van der Waals surface area contributed by atoms with Gasteiger partial charge in [0.1, 0.15) is 11.5 Å². The number of rotatable bonds is 3. The lowest BCUT2D eigenvalue weighted by Crippen LogP contribution is -2.39. The maximum absolute atomic E-state index is 13.1. The molecular formula is C22H26N4O3S. The van der Waals surface area contributed by atoms with Crippen LogP contribution < -0.4 is 4.90 Å². The van der Waals surface area contributed by atoms with Crippen LogP contribution in [0.15, 0.2) is 12.3 Å². The van der Waals surface area contributed by atoms with E-state index < -0.39 is 0 Å². The van der Waals surface area contributed by atoms with Crippen LogP contribution in [0.4, 0.5) is 5.00 Å². The molecule has 0 spiro atoms. The summed E-state index contributed by atoms with van der Waals surface area (Å²) in [6.45, 7) is 3.84. The maximum atomic E-state index is 13.1. The first-order chi connectivity index (χ1) is 14.3. The van der Waals surface area contributed by atoms with Crippen LogP contribution >= 0.6 is 11.3 Å². The topological polar surface area (TPSA) is 65.9 Å². The van der Waals surface area contributed by atoms with Crippen molar-refractivity contribution < 1.29 is 14.4 Å². The van der Waals surface area contributed by atoms with Crippen LogP contribution in [0, 0.1) is 12.8 Å². The number of aromatic nitrogens is 1. The predicted molar refractivity (Wildman–Crippen MR) is 115 cm³/mol. The molecule has 0 saturated heterocycles. The normalized spacial score (nSPS) is 19.1. The zero-order valence-electron chi connectivity index (χ0n) is 17.6. The van der Waals surface area contributed by atoms with Gasteiger partial charge in [-0.2, -0.15) is 0 Å². The van der Waals surface area contributed by atoms with Crippen molar-refractivity contribution in [2.75, 3.05) is 31.6 Å². The predicted octanol–water partition coefficient (Wildman–Crippen LogP) is 2.42. The van der Waals surface area contributed by atoms with Crippen molar-refractivity contribution in [2.45, 2.75) is 32.7 Å². The Labute approximate surface area is 179 Å². The monoisotopic (exact) mass is 426 g/mol. The number of amides is 3. The highest BCUT2D eigenvalue weighted by Gasteiger charge is 2.39. The van der Waals surface area contributed by atoms with Gasteiger partial charge in [-0.1, -0.05) is 0 Å². The minimum atomic E-state index is -0.0761. The molecule has 3 amide bonds. The van der Waals surface area contributed by atoms with Gasteiger partial charge < -0.3 is 19.3 Å². The van der Waals surface area contributed by atoms with E-state index in [-0.39, 0.29) is 24.3 Å². The van der Waals surface area contributed by atoms with Gasteiger partial charge in [0, 0.05) is 44.0 Å². The Kier molecular flexibility index (Phi) is 4.50. The Balaban J connectivity index is 1.50. The van der Waals surface area contributed by atoms with Crippen LogP contribution in [0.2, 0.25) is 0 Å². The minimum absolute atomic E-state index is 0.0112. The van der Waals surface area contributed by atoms with Crippen LogP contribution in [-0.4, -0.2) is 58.8 Å². The highest BCUT2D eigenvalue weighted by atomic mass is 32.1. The lowest BCUT2D eigenvalue weighted by Gasteiger charge is -2.27. The second-order valence-electron chi connectivity index (χ2n) is 8.70. The molecule has 0 radical (unpaired) electrons. The van der Waals surface area contributed by atoms with Crippen molar-refractivity contribution in [3.63, 3.8) is 0 Å². The molecule has 2 aromatic heterocycles. The van der Waals surface area contributed by atoms with Gasteiger partial charge in [0.05, 0.1) is 17.7 Å². The minimum Gasteiger partial charge on any atom is -0.354 e. The standard InChI is InChI=1S/C22H26N4O3S/c1-13-15(6-8-23(13)2)20(28)25-9-7-16-17(11-25)30-22-19(16)21(29)24(3)12-18(27)26(22)10-14-4-5-14/h6,8,14H,4-5,7,9-12H2,1-3H3. The van der Waals surface area contributed by atoms with E-state index in [4.69, 9.17) is 0 Å². The fourth-order valence-electron chi connectivity index (χ4n) is 4.39. The summed E-state index contributed by atoms with van der Waals surface area (Å²) in [5.41, 5.74) is 3.38. The zero-order valence-corrected chi connectivity index (χ0v) is 18.4. The number of carbonyl (C=O) groups is 3. The Morgan fingerprint density at radius 3 is 2.63 bits per heavy atom. The van der Waals surface area contributed by atoms with E-state index in [1.165, 1.54) is 16.2 Å². The van der Waals surface area contributed by atoms with E-state index >= 15 is 0 Å². The Bertz CT molecular complexity index is 1060. The number of aryl methyl sites for hydroxylation is 1. The highest BCUT2D eigenvalue weighted by Crippen LogP contribution is 2.43. The molecule has 8 heteroatoms. The van der Waals surface area contributed by atoms with Crippen LogP contribution in [0.25, 0.3) is 0 Å². The molecule has 0 aromatic carbocycles. The van der Waals surface area contributed by atoms with Crippen molar-refractivity contribution in [2.24, 2.45) is 13.0 Å². The molecule has 0 N–H and O–H groups in total. The zero-order chi connectivity index (χ0) is 21.2. The number of carbonyl (C=O) groups excluding carboxylic acids is 3. The van der Waals surface area contributed by atoms with Crippen LogP contribution in [-0.2, 0) is 24.8 Å². The molecule has 1 aliphatic carbocycles. The van der Waals surface area contributed by atoms with Crippen LogP contribution in [0.1, 0.15) is 49.7 Å². The Hall–Kier alpha value is -2.61. The average molecular weight is 427 g/mol. The Morgan fingerprint density at radius 1 is 1.20 bits per heavy atom. The van der Waals surface area contributed by atoms with E-state index in [2.05, 4.69) is 0 Å². The summed E-state index contributed by atoms with van der Waals surface area (Å²) >= 11 is 1.52. The van der Waals surface area contributed by atoms with E-state index in [1.54, 1.807) is 7.05 Å². The molecule has 1 fully saturated rings. The molecule has 0 atom stereocenters. The molecule has 158 valence electrons. The molecule has 0 bridgehead atoms. The molecule has 2 aliphatic heterocycles. The lowest BCUT2D eigenvalue weighted by atomic mass is 10.0. The van der Waals surface area contributed by atoms with Crippen molar-refractivity contribution in [3.05, 3.63) is 39.5 Å². The highest BCUT2D eigenvalue weighted by molar-refractivity contribution is 7.17. The summed E-state index contributed by atoms with van der Waals surface area (Å²) < 4.78 is 1.95. The average Bonchev–Trinajstić information content (AvgIpc) is 3.40. The molecule has 3 aliphatic rings. The molecule has 0 unspecified atom stereocenters. The number of anilines is 1. The van der Waals surface area contributed by atoms with Crippen molar-refractivity contribution in [1.82, 2.24) is 14.4 Å².